The average Bonchev–Trinajstić information content (AvgIpc) is 2.30. The van der Waals surface area contributed by atoms with Crippen molar-refractivity contribution in [2.24, 2.45) is 0 Å². The summed E-state index contributed by atoms with van der Waals surface area (Å²) in [5.74, 6) is -1.13. The molecule has 0 N–H and O–H groups in total. The maximum Gasteiger partial charge on any atom is 0.344 e. The lowest BCUT2D eigenvalue weighted by Crippen LogP contribution is -2.03. The molecular formula is C11H11NO4. The van der Waals surface area contributed by atoms with Crippen molar-refractivity contribution in [1.29, 1.82) is 0 Å². The second kappa shape index (κ2) is 6.34. The smallest absolute Gasteiger partial charge is 0.344 e. The number of rotatable bonds is 4. The highest BCUT2D eigenvalue weighted by molar-refractivity contribution is 5.90. The fourth-order valence-corrected chi connectivity index (χ4v) is 0.893. The molecule has 1 heterocycles. The van der Waals surface area contributed by atoms with Crippen molar-refractivity contribution >= 4 is 11.9 Å². The van der Waals surface area contributed by atoms with E-state index in [1.165, 1.54) is 6.20 Å². The van der Waals surface area contributed by atoms with Gasteiger partial charge in [0.25, 0.3) is 0 Å². The predicted molar refractivity (Wildman–Crippen MR) is 55.4 cm³/mol. The van der Waals surface area contributed by atoms with E-state index in [9.17, 15) is 9.59 Å². The summed E-state index contributed by atoms with van der Waals surface area (Å²) in [6.07, 6.45) is 4.96. The number of hydrogen-bond donors (Lipinski definition) is 0. The Kier molecular flexibility index (Phi) is 4.72. The molecule has 0 unspecified atom stereocenters. The molecule has 5 heteroatoms. The molecule has 0 saturated heterocycles. The maximum absolute atomic E-state index is 11.3. The third-order valence-corrected chi connectivity index (χ3v) is 1.56. The molecule has 16 heavy (non-hydrogen) atoms. The van der Waals surface area contributed by atoms with Crippen LogP contribution in [0.3, 0.4) is 0 Å². The van der Waals surface area contributed by atoms with Crippen molar-refractivity contribution in [2.45, 2.75) is 6.92 Å². The number of nitrogens with zero attached hydrogens (tertiary/aromatic N) is 1. The molecule has 0 amide bonds. The first-order valence-corrected chi connectivity index (χ1v) is 4.68. The van der Waals surface area contributed by atoms with Gasteiger partial charge in [0.2, 0.25) is 0 Å². The summed E-state index contributed by atoms with van der Waals surface area (Å²) in [4.78, 5) is 25.9. The molecule has 0 aliphatic heterocycles. The largest absolute Gasteiger partial charge is 0.463 e. The van der Waals surface area contributed by atoms with Crippen molar-refractivity contribution < 1.29 is 19.1 Å². The Hall–Kier alpha value is -2.17. The molecule has 1 aromatic rings. The Morgan fingerprint density at radius 2 is 2.31 bits per heavy atom. The van der Waals surface area contributed by atoms with Gasteiger partial charge in [-0.05, 0) is 19.1 Å². The fourth-order valence-electron chi connectivity index (χ4n) is 0.893. The topological polar surface area (TPSA) is 65.5 Å². The van der Waals surface area contributed by atoms with E-state index < -0.39 is 11.9 Å². The quantitative estimate of drug-likeness (QED) is 0.435. The van der Waals surface area contributed by atoms with E-state index >= 15 is 0 Å². The lowest BCUT2D eigenvalue weighted by molar-refractivity contribution is -0.137. The number of carbonyl (C=O) groups excluding carboxylic acids is 2. The molecule has 0 radical (unpaired) electrons. The predicted octanol–water partition coefficient (Wildman–Crippen LogP) is 1.32. The number of carbonyl (C=O) groups is 2. The van der Waals surface area contributed by atoms with Gasteiger partial charge < -0.3 is 9.47 Å². The normalized spacial score (nSPS) is 10.1. The monoisotopic (exact) mass is 221 g/mol. The van der Waals surface area contributed by atoms with Crippen LogP contribution < -0.4 is 0 Å². The molecule has 0 atom stereocenters. The molecule has 84 valence electrons. The van der Waals surface area contributed by atoms with E-state index in [1.807, 2.05) is 0 Å². The van der Waals surface area contributed by atoms with Crippen LogP contribution >= 0.6 is 0 Å². The molecule has 0 aromatic carbocycles. The molecule has 0 aliphatic carbocycles. The van der Waals surface area contributed by atoms with Gasteiger partial charge in [-0.1, -0.05) is 0 Å². The lowest BCUT2D eigenvalue weighted by atomic mass is 10.3. The van der Waals surface area contributed by atoms with Crippen LogP contribution in [-0.2, 0) is 14.3 Å². The average molecular weight is 221 g/mol. The van der Waals surface area contributed by atoms with Crippen molar-refractivity contribution in [3.05, 3.63) is 42.4 Å². The van der Waals surface area contributed by atoms with Gasteiger partial charge in [-0.15, -0.1) is 0 Å². The number of esters is 2. The highest BCUT2D eigenvalue weighted by atomic mass is 16.5. The van der Waals surface area contributed by atoms with Crippen LogP contribution in [0.4, 0.5) is 0 Å². The van der Waals surface area contributed by atoms with Crippen LogP contribution in [0.25, 0.3) is 0 Å². The summed E-state index contributed by atoms with van der Waals surface area (Å²) in [5, 5.41) is 0. The Labute approximate surface area is 92.7 Å². The van der Waals surface area contributed by atoms with Crippen LogP contribution in [0, 0.1) is 0 Å². The molecule has 1 aromatic heterocycles. The van der Waals surface area contributed by atoms with Gasteiger partial charge >= 0.3 is 11.9 Å². The van der Waals surface area contributed by atoms with Gasteiger partial charge in [0, 0.05) is 12.4 Å². The zero-order valence-corrected chi connectivity index (χ0v) is 8.75. The highest BCUT2D eigenvalue weighted by Gasteiger charge is 2.04. The second-order valence-electron chi connectivity index (χ2n) is 2.70. The Morgan fingerprint density at radius 1 is 1.50 bits per heavy atom. The standard InChI is InChI=1S/C11H11NO4/c1-2-15-10(13)5-7-16-11(14)9-4-3-6-12-8-9/h3-8H,2H2,1H3/b7-5+. The SMILES string of the molecule is CCOC(=O)/C=C/OC(=O)c1cccnc1. The minimum absolute atomic E-state index is 0.278. The first-order chi connectivity index (χ1) is 7.74. The van der Waals surface area contributed by atoms with Crippen LogP contribution in [-0.4, -0.2) is 23.5 Å². The van der Waals surface area contributed by atoms with Gasteiger partial charge in [-0.2, -0.15) is 0 Å². The van der Waals surface area contributed by atoms with E-state index in [1.54, 1.807) is 25.3 Å². The van der Waals surface area contributed by atoms with E-state index in [4.69, 9.17) is 0 Å². The Bertz CT molecular complexity index is 386. The lowest BCUT2D eigenvalue weighted by Gasteiger charge is -1.98. The van der Waals surface area contributed by atoms with Crippen molar-refractivity contribution in [1.82, 2.24) is 4.98 Å². The minimum Gasteiger partial charge on any atom is -0.463 e. The molecule has 1 rings (SSSR count). The molecule has 0 bridgehead atoms. The minimum atomic E-state index is -0.575. The van der Waals surface area contributed by atoms with E-state index in [0.717, 1.165) is 12.3 Å². The molecule has 0 spiro atoms. The van der Waals surface area contributed by atoms with E-state index in [0.29, 0.717) is 5.56 Å². The third kappa shape index (κ3) is 3.91. The molecular weight excluding hydrogens is 210 g/mol. The van der Waals surface area contributed by atoms with Crippen molar-refractivity contribution in [2.75, 3.05) is 6.61 Å². The maximum atomic E-state index is 11.3. The van der Waals surface area contributed by atoms with Gasteiger partial charge in [-0.25, -0.2) is 9.59 Å². The molecule has 5 nitrogen and oxygen atoms in total. The van der Waals surface area contributed by atoms with Crippen LogP contribution in [0.1, 0.15) is 17.3 Å². The molecule has 0 fully saturated rings. The number of ether oxygens (including phenoxy) is 2. The zero-order valence-electron chi connectivity index (χ0n) is 8.75. The molecule has 0 saturated carbocycles. The first-order valence-electron chi connectivity index (χ1n) is 4.68. The van der Waals surface area contributed by atoms with Crippen LogP contribution in [0.15, 0.2) is 36.9 Å². The van der Waals surface area contributed by atoms with E-state index in [2.05, 4.69) is 14.5 Å². The number of aromatic nitrogens is 1. The Morgan fingerprint density at radius 3 is 2.94 bits per heavy atom. The van der Waals surface area contributed by atoms with Crippen LogP contribution in [0.5, 0.6) is 0 Å². The van der Waals surface area contributed by atoms with Gasteiger partial charge in [0.15, 0.2) is 0 Å². The summed E-state index contributed by atoms with van der Waals surface area (Å²) in [5.41, 5.74) is 0.316. The summed E-state index contributed by atoms with van der Waals surface area (Å²) in [6.45, 7) is 1.97. The van der Waals surface area contributed by atoms with Crippen molar-refractivity contribution in [3.8, 4) is 0 Å². The van der Waals surface area contributed by atoms with Gasteiger partial charge in [0.05, 0.1) is 18.2 Å². The molecule has 0 aliphatic rings. The number of pyridine rings is 1. The zero-order chi connectivity index (χ0) is 11.8. The van der Waals surface area contributed by atoms with Crippen molar-refractivity contribution in [3.63, 3.8) is 0 Å². The first kappa shape index (κ1) is 11.9. The Balaban J connectivity index is 2.45. The highest BCUT2D eigenvalue weighted by Crippen LogP contribution is 1.99. The summed E-state index contributed by atoms with van der Waals surface area (Å²) in [7, 11) is 0. The summed E-state index contributed by atoms with van der Waals surface area (Å²) < 4.78 is 9.28. The number of hydrogen-bond acceptors (Lipinski definition) is 5. The second-order valence-corrected chi connectivity index (χ2v) is 2.70. The van der Waals surface area contributed by atoms with Gasteiger partial charge in [-0.3, -0.25) is 4.98 Å². The van der Waals surface area contributed by atoms with E-state index in [-0.39, 0.29) is 6.61 Å². The fraction of sp³-hybridized carbons (Fsp3) is 0.182. The van der Waals surface area contributed by atoms with Gasteiger partial charge in [0.1, 0.15) is 6.26 Å². The van der Waals surface area contributed by atoms with Crippen LogP contribution in [0.2, 0.25) is 0 Å². The summed E-state index contributed by atoms with van der Waals surface area (Å²) >= 11 is 0. The summed E-state index contributed by atoms with van der Waals surface area (Å²) in [6, 6.07) is 3.18. The third-order valence-electron chi connectivity index (χ3n) is 1.56.